The normalized spacial score (nSPS) is 12.1. The van der Waals surface area contributed by atoms with Crippen molar-refractivity contribution in [1.82, 2.24) is 9.78 Å². The summed E-state index contributed by atoms with van der Waals surface area (Å²) in [5.74, 6) is 0. The van der Waals surface area contributed by atoms with Gasteiger partial charge in [-0.15, -0.1) is 0 Å². The minimum Gasteiger partial charge on any atom is -0.379 e. The second kappa shape index (κ2) is 6.14. The largest absolute Gasteiger partial charge is 0.379 e. The van der Waals surface area contributed by atoms with E-state index in [2.05, 4.69) is 75.7 Å². The molecule has 0 aliphatic rings. The Balaban J connectivity index is 1.73. The second-order valence-corrected chi connectivity index (χ2v) is 5.83. The molecule has 0 aliphatic heterocycles. The molecule has 21 heavy (non-hydrogen) atoms. The zero-order valence-electron chi connectivity index (χ0n) is 11.7. The Morgan fingerprint density at radius 2 is 1.90 bits per heavy atom. The fourth-order valence-electron chi connectivity index (χ4n) is 2.24. The summed E-state index contributed by atoms with van der Waals surface area (Å²) in [6.45, 7) is 2.16. The first kappa shape index (κ1) is 13.9. The van der Waals surface area contributed by atoms with Gasteiger partial charge in [-0.05, 0) is 55.0 Å². The lowest BCUT2D eigenvalue weighted by atomic mass is 10.1. The van der Waals surface area contributed by atoms with E-state index in [9.17, 15) is 0 Å². The zero-order valence-corrected chi connectivity index (χ0v) is 13.3. The molecule has 3 aromatic rings. The van der Waals surface area contributed by atoms with Crippen LogP contribution in [0.15, 0.2) is 71.5 Å². The molecule has 0 spiro atoms. The van der Waals surface area contributed by atoms with E-state index in [0.29, 0.717) is 0 Å². The molecule has 0 saturated heterocycles. The molecule has 0 saturated carbocycles. The van der Waals surface area contributed by atoms with Crippen LogP contribution >= 0.6 is 15.9 Å². The maximum atomic E-state index is 4.23. The Labute approximate surface area is 132 Å². The van der Waals surface area contributed by atoms with Gasteiger partial charge in [-0.25, -0.2) is 4.68 Å². The van der Waals surface area contributed by atoms with Gasteiger partial charge in [0.25, 0.3) is 0 Å². The van der Waals surface area contributed by atoms with Gasteiger partial charge in [0.2, 0.25) is 0 Å². The molecular formula is C17H16BrN3. The molecule has 3 rings (SSSR count). The number of nitrogens with zero attached hydrogens (tertiary/aromatic N) is 2. The van der Waals surface area contributed by atoms with Crippen molar-refractivity contribution < 1.29 is 0 Å². The van der Waals surface area contributed by atoms with Crippen molar-refractivity contribution in [3.8, 4) is 5.69 Å². The summed E-state index contributed by atoms with van der Waals surface area (Å²) in [5.41, 5.74) is 3.40. The Bertz CT molecular complexity index is 705. The van der Waals surface area contributed by atoms with Crippen molar-refractivity contribution >= 4 is 21.6 Å². The molecule has 3 nitrogen and oxygen atoms in total. The summed E-state index contributed by atoms with van der Waals surface area (Å²) in [5, 5.41) is 7.73. The van der Waals surface area contributed by atoms with Crippen LogP contribution < -0.4 is 5.32 Å². The molecular weight excluding hydrogens is 326 g/mol. The van der Waals surface area contributed by atoms with Gasteiger partial charge in [-0.3, -0.25) is 0 Å². The first-order valence-electron chi connectivity index (χ1n) is 6.84. The first-order valence-corrected chi connectivity index (χ1v) is 7.64. The van der Waals surface area contributed by atoms with Gasteiger partial charge in [0.05, 0.1) is 5.69 Å². The standard InChI is InChI=1S/C17H16BrN3/c1-13(14-4-2-5-15(18)12-14)20-16-6-8-17(9-7-16)21-11-3-10-19-21/h2-13,20H,1H3. The number of anilines is 1. The highest BCUT2D eigenvalue weighted by Crippen LogP contribution is 2.22. The molecule has 1 aromatic heterocycles. The van der Waals surface area contributed by atoms with Crippen LogP contribution in [-0.4, -0.2) is 9.78 Å². The molecule has 1 unspecified atom stereocenters. The lowest BCUT2D eigenvalue weighted by Crippen LogP contribution is -2.06. The SMILES string of the molecule is CC(Nc1ccc(-n2cccn2)cc1)c1cccc(Br)c1. The number of hydrogen-bond acceptors (Lipinski definition) is 2. The van der Waals surface area contributed by atoms with E-state index in [0.717, 1.165) is 15.8 Å². The van der Waals surface area contributed by atoms with E-state index >= 15 is 0 Å². The second-order valence-electron chi connectivity index (χ2n) is 4.92. The maximum Gasteiger partial charge on any atom is 0.0647 e. The van der Waals surface area contributed by atoms with Crippen LogP contribution in [0.2, 0.25) is 0 Å². The lowest BCUT2D eigenvalue weighted by Gasteiger charge is -2.16. The van der Waals surface area contributed by atoms with Gasteiger partial charge >= 0.3 is 0 Å². The van der Waals surface area contributed by atoms with Gasteiger partial charge in [-0.2, -0.15) is 5.10 Å². The third kappa shape index (κ3) is 3.34. The Kier molecular flexibility index (Phi) is 4.06. The van der Waals surface area contributed by atoms with E-state index in [4.69, 9.17) is 0 Å². The van der Waals surface area contributed by atoms with Gasteiger partial charge in [-0.1, -0.05) is 28.1 Å². The molecule has 4 heteroatoms. The molecule has 0 bridgehead atoms. The summed E-state index contributed by atoms with van der Waals surface area (Å²) >= 11 is 3.51. The average Bonchev–Trinajstić information content (AvgIpc) is 3.02. The minimum absolute atomic E-state index is 0.248. The van der Waals surface area contributed by atoms with Crippen molar-refractivity contribution in [3.05, 3.63) is 77.0 Å². The number of halogens is 1. The van der Waals surface area contributed by atoms with Crippen molar-refractivity contribution in [1.29, 1.82) is 0 Å². The highest BCUT2D eigenvalue weighted by molar-refractivity contribution is 9.10. The molecule has 2 aromatic carbocycles. The number of hydrogen-bond donors (Lipinski definition) is 1. The van der Waals surface area contributed by atoms with Crippen LogP contribution in [0.25, 0.3) is 5.69 Å². The number of benzene rings is 2. The molecule has 0 fully saturated rings. The predicted octanol–water partition coefficient (Wildman–Crippen LogP) is 4.81. The van der Waals surface area contributed by atoms with Gasteiger partial charge in [0, 0.05) is 28.6 Å². The number of aromatic nitrogens is 2. The summed E-state index contributed by atoms with van der Waals surface area (Å²) in [4.78, 5) is 0. The van der Waals surface area contributed by atoms with Crippen LogP contribution in [0.1, 0.15) is 18.5 Å². The van der Waals surface area contributed by atoms with Crippen molar-refractivity contribution in [3.63, 3.8) is 0 Å². The van der Waals surface area contributed by atoms with Gasteiger partial charge in [0.1, 0.15) is 0 Å². The fourth-order valence-corrected chi connectivity index (χ4v) is 2.66. The summed E-state index contributed by atoms with van der Waals surface area (Å²) < 4.78 is 2.95. The molecule has 1 N–H and O–H groups in total. The van der Waals surface area contributed by atoms with Crippen LogP contribution in [-0.2, 0) is 0 Å². The number of rotatable bonds is 4. The molecule has 106 valence electrons. The van der Waals surface area contributed by atoms with Crippen molar-refractivity contribution in [2.75, 3.05) is 5.32 Å². The Morgan fingerprint density at radius 1 is 1.10 bits per heavy atom. The smallest absolute Gasteiger partial charge is 0.0647 e. The van der Waals surface area contributed by atoms with E-state index in [-0.39, 0.29) is 6.04 Å². The summed E-state index contributed by atoms with van der Waals surface area (Å²) in [6, 6.07) is 18.8. The Morgan fingerprint density at radius 3 is 2.57 bits per heavy atom. The third-order valence-corrected chi connectivity index (χ3v) is 3.86. The quantitative estimate of drug-likeness (QED) is 0.738. The summed E-state index contributed by atoms with van der Waals surface area (Å²) in [7, 11) is 0. The molecule has 0 amide bonds. The first-order chi connectivity index (χ1) is 10.2. The molecule has 1 heterocycles. The van der Waals surface area contributed by atoms with Crippen LogP contribution in [0, 0.1) is 0 Å². The van der Waals surface area contributed by atoms with Gasteiger partial charge in [0.15, 0.2) is 0 Å². The maximum absolute atomic E-state index is 4.23. The van der Waals surface area contributed by atoms with E-state index in [1.807, 2.05) is 23.0 Å². The zero-order chi connectivity index (χ0) is 14.7. The monoisotopic (exact) mass is 341 g/mol. The van der Waals surface area contributed by atoms with Crippen LogP contribution in [0.4, 0.5) is 5.69 Å². The highest BCUT2D eigenvalue weighted by atomic mass is 79.9. The minimum atomic E-state index is 0.248. The highest BCUT2D eigenvalue weighted by Gasteiger charge is 2.06. The fraction of sp³-hybridized carbons (Fsp3) is 0.118. The third-order valence-electron chi connectivity index (χ3n) is 3.37. The topological polar surface area (TPSA) is 29.9 Å². The van der Waals surface area contributed by atoms with Gasteiger partial charge < -0.3 is 5.32 Å². The number of nitrogens with one attached hydrogen (secondary N) is 1. The lowest BCUT2D eigenvalue weighted by molar-refractivity contribution is 0.873. The van der Waals surface area contributed by atoms with Crippen LogP contribution in [0.3, 0.4) is 0 Å². The molecule has 0 radical (unpaired) electrons. The summed E-state index contributed by atoms with van der Waals surface area (Å²) in [6.07, 6.45) is 3.72. The molecule has 1 atom stereocenters. The Hall–Kier alpha value is -2.07. The van der Waals surface area contributed by atoms with Crippen LogP contribution in [0.5, 0.6) is 0 Å². The molecule has 0 aliphatic carbocycles. The van der Waals surface area contributed by atoms with Crippen molar-refractivity contribution in [2.45, 2.75) is 13.0 Å². The average molecular weight is 342 g/mol. The van der Waals surface area contributed by atoms with Crippen molar-refractivity contribution in [2.24, 2.45) is 0 Å². The van der Waals surface area contributed by atoms with E-state index in [1.54, 1.807) is 6.20 Å². The predicted molar refractivity (Wildman–Crippen MR) is 89.7 cm³/mol. The van der Waals surface area contributed by atoms with E-state index < -0.39 is 0 Å². The van der Waals surface area contributed by atoms with E-state index in [1.165, 1.54) is 5.56 Å².